The predicted octanol–water partition coefficient (Wildman–Crippen LogP) is 2.61. The van der Waals surface area contributed by atoms with Crippen LogP contribution in [0.3, 0.4) is 0 Å². The highest BCUT2D eigenvalue weighted by Gasteiger charge is 2.50. The van der Waals surface area contributed by atoms with Crippen LogP contribution >= 0.6 is 0 Å². The second-order valence-electron chi connectivity index (χ2n) is 9.91. The van der Waals surface area contributed by atoms with Crippen molar-refractivity contribution in [3.05, 3.63) is 0 Å². The summed E-state index contributed by atoms with van der Waals surface area (Å²) in [5.74, 6) is -1.06. The van der Waals surface area contributed by atoms with Gasteiger partial charge in [-0.15, -0.1) is 0 Å². The van der Waals surface area contributed by atoms with E-state index in [1.807, 2.05) is 20.8 Å². The van der Waals surface area contributed by atoms with Crippen LogP contribution in [0.25, 0.3) is 0 Å². The first-order valence-corrected chi connectivity index (χ1v) is 10.6. The van der Waals surface area contributed by atoms with E-state index in [1.54, 1.807) is 4.90 Å². The van der Waals surface area contributed by atoms with Crippen molar-refractivity contribution in [3.8, 4) is 0 Å². The molecule has 8 nitrogen and oxygen atoms in total. The van der Waals surface area contributed by atoms with Crippen molar-refractivity contribution in [1.29, 1.82) is 0 Å². The third-order valence-electron chi connectivity index (χ3n) is 5.67. The number of rotatable bonds is 7. The molecule has 4 rings (SSSR count). The Hall–Kier alpha value is -1.22. The van der Waals surface area contributed by atoms with Gasteiger partial charge in [-0.25, -0.2) is 4.79 Å². The molecule has 8 heteroatoms. The van der Waals surface area contributed by atoms with Crippen molar-refractivity contribution in [3.63, 3.8) is 0 Å². The van der Waals surface area contributed by atoms with E-state index in [4.69, 9.17) is 18.9 Å². The smallest absolute Gasteiger partial charge is 0.410 e. The fraction of sp³-hybridized carbons (Fsp3) is 0.905. The molecular weight excluding hydrogens is 378 g/mol. The molecule has 29 heavy (non-hydrogen) atoms. The number of amides is 1. The molecule has 2 bridgehead atoms. The lowest BCUT2D eigenvalue weighted by molar-refractivity contribution is -0.467. The molecule has 166 valence electrons. The molecule has 0 aromatic rings. The van der Waals surface area contributed by atoms with Crippen LogP contribution in [0.5, 0.6) is 0 Å². The van der Waals surface area contributed by atoms with Crippen LogP contribution in [0.2, 0.25) is 0 Å². The van der Waals surface area contributed by atoms with Gasteiger partial charge >= 0.3 is 6.09 Å². The fourth-order valence-corrected chi connectivity index (χ4v) is 4.03. The summed E-state index contributed by atoms with van der Waals surface area (Å²) < 4.78 is 22.6. The standard InChI is InChI=1S/C21H35NO7/c1-19(2,3)29-18(25)22-10-6-8-16(22)17(24)11-15(23)7-5-9-21-26-12-20(4,13-27-21)14-28-21/h16-17,24H,5-14H2,1-4H3/t16-,17+,20?,21?/m0/s1. The number of Topliss-reactive ketones (excluding diaryl/α,β-unsaturated/α-hetero) is 1. The summed E-state index contributed by atoms with van der Waals surface area (Å²) in [7, 11) is 0. The second kappa shape index (κ2) is 8.49. The van der Waals surface area contributed by atoms with Crippen LogP contribution in [0.15, 0.2) is 0 Å². The lowest BCUT2D eigenvalue weighted by atomic mass is 9.91. The van der Waals surface area contributed by atoms with Gasteiger partial charge in [0.15, 0.2) is 0 Å². The van der Waals surface area contributed by atoms with Crippen molar-refractivity contribution >= 4 is 11.9 Å². The number of hydrogen-bond acceptors (Lipinski definition) is 7. The van der Waals surface area contributed by atoms with Crippen molar-refractivity contribution in [2.75, 3.05) is 26.4 Å². The Kier molecular flexibility index (Phi) is 6.58. The Balaban J connectivity index is 1.42. The van der Waals surface area contributed by atoms with Crippen LogP contribution in [-0.4, -0.2) is 72.0 Å². The molecule has 0 saturated carbocycles. The van der Waals surface area contributed by atoms with Gasteiger partial charge in [0, 0.05) is 31.2 Å². The third-order valence-corrected chi connectivity index (χ3v) is 5.67. The molecule has 0 aromatic heterocycles. The number of ketones is 1. The molecule has 4 aliphatic rings. The number of hydrogen-bond donors (Lipinski definition) is 1. The highest BCUT2D eigenvalue weighted by atomic mass is 16.9. The van der Waals surface area contributed by atoms with E-state index < -0.39 is 23.8 Å². The molecule has 1 N–H and O–H groups in total. The van der Waals surface area contributed by atoms with Gasteiger partial charge in [0.1, 0.15) is 11.4 Å². The molecule has 0 aromatic carbocycles. The van der Waals surface area contributed by atoms with Crippen LogP contribution in [0, 0.1) is 5.41 Å². The average molecular weight is 414 g/mol. The third kappa shape index (κ3) is 5.69. The highest BCUT2D eigenvalue weighted by Crippen LogP contribution is 2.40. The average Bonchev–Trinajstić information content (AvgIpc) is 3.12. The number of carbonyl (C=O) groups excluding carboxylic acids is 2. The van der Waals surface area contributed by atoms with Gasteiger partial charge in [-0.2, -0.15) is 0 Å². The molecule has 0 unspecified atom stereocenters. The van der Waals surface area contributed by atoms with Crippen molar-refractivity contribution in [1.82, 2.24) is 4.90 Å². The summed E-state index contributed by atoms with van der Waals surface area (Å²) in [5.41, 5.74) is -0.671. The molecule has 0 aliphatic carbocycles. The monoisotopic (exact) mass is 413 g/mol. The zero-order valence-electron chi connectivity index (χ0n) is 18.1. The summed E-state index contributed by atoms with van der Waals surface area (Å²) in [5, 5.41) is 10.6. The molecular formula is C21H35NO7. The SMILES string of the molecule is CC12COC(CCCC(=O)C[C@@H](O)[C@@H]3CCCN3C(=O)OC(C)(C)C)(OC1)OC2. The fourth-order valence-electron chi connectivity index (χ4n) is 4.03. The van der Waals surface area contributed by atoms with E-state index in [2.05, 4.69) is 6.92 Å². The maximum absolute atomic E-state index is 12.4. The van der Waals surface area contributed by atoms with Crippen LogP contribution in [0.4, 0.5) is 4.79 Å². The maximum Gasteiger partial charge on any atom is 0.410 e. The molecule has 4 aliphatic heterocycles. The molecule has 0 spiro atoms. The predicted molar refractivity (Wildman–Crippen MR) is 104 cm³/mol. The summed E-state index contributed by atoms with van der Waals surface area (Å²) >= 11 is 0. The van der Waals surface area contributed by atoms with E-state index in [-0.39, 0.29) is 23.7 Å². The topological polar surface area (TPSA) is 94.5 Å². The first-order chi connectivity index (χ1) is 13.5. The Morgan fingerprint density at radius 2 is 1.83 bits per heavy atom. The molecule has 4 fully saturated rings. The highest BCUT2D eigenvalue weighted by molar-refractivity contribution is 5.79. The van der Waals surface area contributed by atoms with E-state index in [1.165, 1.54) is 0 Å². The van der Waals surface area contributed by atoms with E-state index in [0.717, 1.165) is 6.42 Å². The Morgan fingerprint density at radius 1 is 1.21 bits per heavy atom. The zero-order chi connectivity index (χ0) is 21.3. The number of aliphatic hydroxyl groups is 1. The van der Waals surface area contributed by atoms with Crippen molar-refractivity contribution in [2.24, 2.45) is 5.41 Å². The van der Waals surface area contributed by atoms with Crippen LogP contribution in [-0.2, 0) is 23.7 Å². The molecule has 4 saturated heterocycles. The van der Waals surface area contributed by atoms with Gasteiger partial charge < -0.3 is 29.0 Å². The lowest BCUT2D eigenvalue weighted by Gasteiger charge is -2.50. The van der Waals surface area contributed by atoms with Crippen molar-refractivity contribution < 1.29 is 33.6 Å². The van der Waals surface area contributed by atoms with Gasteiger partial charge in [-0.05, 0) is 40.0 Å². The molecule has 1 amide bonds. The molecule has 0 radical (unpaired) electrons. The van der Waals surface area contributed by atoms with Gasteiger partial charge in [-0.1, -0.05) is 6.92 Å². The number of ether oxygens (including phenoxy) is 4. The summed E-state index contributed by atoms with van der Waals surface area (Å²) in [6, 6.07) is -0.378. The second-order valence-corrected chi connectivity index (χ2v) is 9.91. The normalized spacial score (nSPS) is 33.0. The first kappa shape index (κ1) is 22.5. The summed E-state index contributed by atoms with van der Waals surface area (Å²) in [6.45, 7) is 9.83. The number of carbonyl (C=O) groups is 2. The number of likely N-dealkylation sites (tertiary alicyclic amines) is 1. The van der Waals surface area contributed by atoms with Crippen LogP contribution < -0.4 is 0 Å². The minimum atomic E-state index is -1.02. The Bertz CT molecular complexity index is 590. The first-order valence-electron chi connectivity index (χ1n) is 10.6. The Labute approximate surface area is 172 Å². The van der Waals surface area contributed by atoms with Gasteiger partial charge in [0.25, 0.3) is 5.97 Å². The largest absolute Gasteiger partial charge is 0.444 e. The van der Waals surface area contributed by atoms with Gasteiger partial charge in [0.2, 0.25) is 0 Å². The van der Waals surface area contributed by atoms with Crippen molar-refractivity contribution in [2.45, 2.75) is 89.9 Å². The van der Waals surface area contributed by atoms with Gasteiger partial charge in [-0.3, -0.25) is 4.79 Å². The van der Waals surface area contributed by atoms with Crippen LogP contribution in [0.1, 0.15) is 66.2 Å². The van der Waals surface area contributed by atoms with Gasteiger partial charge in [0.05, 0.1) is 32.0 Å². The minimum absolute atomic E-state index is 0.0254. The maximum atomic E-state index is 12.4. The van der Waals surface area contributed by atoms with E-state index >= 15 is 0 Å². The zero-order valence-corrected chi connectivity index (χ0v) is 18.1. The van der Waals surface area contributed by atoms with E-state index in [9.17, 15) is 14.7 Å². The summed E-state index contributed by atoms with van der Waals surface area (Å²) in [6.07, 6.45) is 1.53. The molecule has 2 atom stereocenters. The number of nitrogens with zero attached hydrogens (tertiary/aromatic N) is 1. The summed E-state index contributed by atoms with van der Waals surface area (Å²) in [4.78, 5) is 26.3. The minimum Gasteiger partial charge on any atom is -0.444 e. The number of aliphatic hydroxyl groups excluding tert-OH is 1. The Morgan fingerprint density at radius 3 is 2.41 bits per heavy atom. The lowest BCUT2D eigenvalue weighted by Crippen LogP contribution is -2.58. The quantitative estimate of drug-likeness (QED) is 0.685. The number of fused-ring (bicyclic) bond motifs is 3. The molecule has 4 heterocycles. The van der Waals surface area contributed by atoms with E-state index in [0.29, 0.717) is 52.0 Å².